The number of amides is 8. The third kappa shape index (κ3) is 19.9. The van der Waals surface area contributed by atoms with Crippen LogP contribution in [0.2, 0.25) is 0 Å². The average molecular weight is 1040 g/mol. The van der Waals surface area contributed by atoms with Gasteiger partial charge in [-0.25, -0.2) is 0 Å². The summed E-state index contributed by atoms with van der Waals surface area (Å²) in [5.74, 6) is -3.19. The van der Waals surface area contributed by atoms with Gasteiger partial charge in [0.15, 0.2) is 5.78 Å². The topological polar surface area (TPSA) is 254 Å². The number of carbonyl (C=O) groups is 9. The Balaban J connectivity index is 0.00000169. The number of Topliss-reactive ketones (excluding diaryl/α,β-unsaturated/α-hetero) is 1. The van der Waals surface area contributed by atoms with Gasteiger partial charge in [-0.3, -0.25) is 53.0 Å². The third-order valence-corrected chi connectivity index (χ3v) is 9.21. The molecule has 19 nitrogen and oxygen atoms in total. The van der Waals surface area contributed by atoms with Gasteiger partial charge in [0.05, 0.1) is 37.3 Å². The van der Waals surface area contributed by atoms with E-state index < -0.39 is 54.1 Å². The maximum atomic E-state index is 12.6. The van der Waals surface area contributed by atoms with E-state index in [1.807, 2.05) is 6.92 Å². The Morgan fingerprint density at radius 3 is 1.40 bits per heavy atom. The van der Waals surface area contributed by atoms with E-state index in [2.05, 4.69) is 100 Å². The van der Waals surface area contributed by atoms with Crippen molar-refractivity contribution in [1.29, 1.82) is 0 Å². The number of hydrogen-bond donors (Lipinski definition) is 7. The molecule has 0 aromatic carbocycles. The standard InChI is InChI=1S/C24H41B2I2N9O8P2.C6H12O2/c1-12(30-17(38)4-6-36-21(42)10-15(23(36)44)34-25(27)46)32-19(40)8-14(29-3)9-20(41)33-13(2)31-18(39)5-7-37-22(43)11-16(24(37)45)35-26(28)47;1-4-8-6(3)5(2)7/h12-16,29,34-35H,4-11,46-47H2,1-3H3,(H,30,38)(H,31,39)(H,32,40)(H,33,41);6H,4H2,1-3H3. The van der Waals surface area contributed by atoms with Crippen LogP contribution in [0.4, 0.5) is 0 Å². The van der Waals surface area contributed by atoms with E-state index in [9.17, 15) is 43.2 Å². The summed E-state index contributed by atoms with van der Waals surface area (Å²) >= 11 is 4.12. The Labute approximate surface area is 354 Å². The van der Waals surface area contributed by atoms with E-state index in [0.29, 0.717) is 6.61 Å². The molecule has 0 radical (unpaired) electrons. The summed E-state index contributed by atoms with van der Waals surface area (Å²) in [5, 5.41) is 19.3. The van der Waals surface area contributed by atoms with E-state index >= 15 is 0 Å². The molecule has 0 spiro atoms. The van der Waals surface area contributed by atoms with E-state index in [1.165, 1.54) is 6.92 Å². The number of imide groups is 2. The first-order chi connectivity index (χ1) is 25.7. The van der Waals surface area contributed by atoms with Crippen molar-refractivity contribution in [3.63, 3.8) is 0 Å². The first kappa shape index (κ1) is 51.1. The molecule has 8 amide bonds. The minimum atomic E-state index is -0.755. The van der Waals surface area contributed by atoms with Gasteiger partial charge in [0.25, 0.3) is 0 Å². The Hall–Kier alpha value is -1.88. The molecule has 0 aliphatic carbocycles. The van der Waals surface area contributed by atoms with E-state index in [-0.39, 0.29) is 96.0 Å². The van der Waals surface area contributed by atoms with E-state index in [4.69, 9.17) is 4.74 Å². The van der Waals surface area contributed by atoms with Crippen LogP contribution in [0.3, 0.4) is 0 Å². The summed E-state index contributed by atoms with van der Waals surface area (Å²) in [6.45, 7) is 8.74. The Bertz CT molecular complexity index is 1320. The molecule has 7 N–H and O–H groups in total. The molecule has 0 aromatic rings. The summed E-state index contributed by atoms with van der Waals surface area (Å²) in [6.07, 6.45) is -2.11. The minimum absolute atomic E-state index is 0.0287. The molecule has 25 heteroatoms. The van der Waals surface area contributed by atoms with Crippen LogP contribution in [-0.4, -0.2) is 135 Å². The summed E-state index contributed by atoms with van der Waals surface area (Å²) < 4.78 is 4.78. The highest BCUT2D eigenvalue weighted by molar-refractivity contribution is 14.1. The Kier molecular flexibility index (Phi) is 24.3. The van der Waals surface area contributed by atoms with Crippen molar-refractivity contribution in [2.24, 2.45) is 0 Å². The molecular formula is C30H53B2I2N9O10P2. The molecular weight excluding hydrogens is 984 g/mol. The number of likely N-dealkylation sites (tertiary alicyclic amines) is 2. The van der Waals surface area contributed by atoms with Crippen LogP contribution in [0.15, 0.2) is 0 Å². The molecule has 2 aliphatic heterocycles. The number of carbonyl (C=O) groups excluding carboxylic acids is 9. The fraction of sp³-hybridized carbons (Fsp3) is 0.700. The molecule has 2 fully saturated rings. The first-order valence-electron chi connectivity index (χ1n) is 17.6. The van der Waals surface area contributed by atoms with Gasteiger partial charge < -0.3 is 41.8 Å². The highest BCUT2D eigenvalue weighted by Gasteiger charge is 2.40. The lowest BCUT2D eigenvalue weighted by molar-refractivity contribution is -0.141. The molecule has 2 heterocycles. The van der Waals surface area contributed by atoms with Gasteiger partial charge in [-0.15, -0.1) is 63.0 Å². The molecule has 0 bridgehead atoms. The predicted molar refractivity (Wildman–Crippen MR) is 230 cm³/mol. The van der Waals surface area contributed by atoms with Crippen molar-refractivity contribution < 1.29 is 47.9 Å². The van der Waals surface area contributed by atoms with Crippen molar-refractivity contribution in [1.82, 2.24) is 46.8 Å². The predicted octanol–water partition coefficient (Wildman–Crippen LogP) is -1.68. The monoisotopic (exact) mass is 1040 g/mol. The van der Waals surface area contributed by atoms with Gasteiger partial charge >= 0.3 is 8.85 Å². The molecule has 7 atom stereocenters. The zero-order valence-electron chi connectivity index (χ0n) is 31.9. The number of halogens is 2. The van der Waals surface area contributed by atoms with Crippen LogP contribution in [-0.2, 0) is 47.9 Å². The maximum Gasteiger partial charge on any atom is 0.317 e. The van der Waals surface area contributed by atoms with Crippen LogP contribution in [0, 0.1) is 0 Å². The zero-order chi connectivity index (χ0) is 42.0. The summed E-state index contributed by atoms with van der Waals surface area (Å²) in [5.41, 5.74) is 0. The summed E-state index contributed by atoms with van der Waals surface area (Å²) in [7, 11) is 6.56. The van der Waals surface area contributed by atoms with Crippen LogP contribution in [0.25, 0.3) is 0 Å². The molecule has 7 unspecified atom stereocenters. The SMILES string of the molecule is CCOC(C)C(C)=O.CNC(CC(=O)NC(C)NC(=O)CCN1C(=O)CC(NB(P)I)C1=O)CC(=O)NC(C)NC(=O)CCN1C(=O)CC(NB(P)I)C1=O. The lowest BCUT2D eigenvalue weighted by Crippen LogP contribution is -2.50. The quantitative estimate of drug-likeness (QED) is 0.0211. The highest BCUT2D eigenvalue weighted by Crippen LogP contribution is 2.17. The van der Waals surface area contributed by atoms with Crippen molar-refractivity contribution in [2.45, 2.75) is 110 Å². The maximum absolute atomic E-state index is 12.6. The molecule has 0 saturated carbocycles. The second kappa shape index (κ2) is 26.2. The number of ether oxygens (including phenoxy) is 1. The number of nitrogens with one attached hydrogen (secondary N) is 7. The van der Waals surface area contributed by atoms with Gasteiger partial charge in [-0.1, -0.05) is 0 Å². The molecule has 0 aromatic heterocycles. The van der Waals surface area contributed by atoms with Crippen LogP contribution < -0.4 is 37.0 Å². The van der Waals surface area contributed by atoms with E-state index in [1.54, 1.807) is 27.8 Å². The summed E-state index contributed by atoms with van der Waals surface area (Å²) in [6, 6.07) is -1.81. The van der Waals surface area contributed by atoms with Crippen LogP contribution in [0.5, 0.6) is 0 Å². The van der Waals surface area contributed by atoms with Gasteiger partial charge in [0.2, 0.25) is 47.3 Å². The number of rotatable bonds is 22. The van der Waals surface area contributed by atoms with E-state index in [0.717, 1.165) is 9.80 Å². The van der Waals surface area contributed by atoms with Crippen molar-refractivity contribution in [2.75, 3.05) is 26.7 Å². The summed E-state index contributed by atoms with van der Waals surface area (Å²) in [4.78, 5) is 112. The molecule has 55 heavy (non-hydrogen) atoms. The van der Waals surface area contributed by atoms with Gasteiger partial charge in [0, 0.05) is 51.4 Å². The van der Waals surface area contributed by atoms with Gasteiger partial charge in [0.1, 0.15) is 6.10 Å². The second-order valence-corrected chi connectivity index (χ2v) is 19.5. The lowest BCUT2D eigenvalue weighted by Gasteiger charge is -2.21. The van der Waals surface area contributed by atoms with Gasteiger partial charge in [-0.2, -0.15) is 0 Å². The zero-order valence-corrected chi connectivity index (χ0v) is 38.5. The molecule has 2 saturated heterocycles. The Morgan fingerprint density at radius 1 is 0.745 bits per heavy atom. The fourth-order valence-corrected chi connectivity index (χ4v) is 6.63. The average Bonchev–Trinajstić information content (AvgIpc) is 3.48. The number of hydrogen-bond acceptors (Lipinski definition) is 13. The Morgan fingerprint density at radius 2 is 1.11 bits per heavy atom. The normalized spacial score (nSPS) is 18.8. The highest BCUT2D eigenvalue weighted by atomic mass is 127. The number of ketones is 1. The fourth-order valence-electron chi connectivity index (χ4n) is 5.30. The molecule has 2 aliphatic rings. The number of nitrogens with zero attached hydrogens (tertiary/aromatic N) is 2. The van der Waals surface area contributed by atoms with Crippen LogP contribution in [0.1, 0.15) is 73.1 Å². The van der Waals surface area contributed by atoms with Gasteiger partial charge in [-0.05, 0) is 41.7 Å². The first-order valence-corrected chi connectivity index (χ1v) is 21.5. The largest absolute Gasteiger partial charge is 0.371 e. The second-order valence-electron chi connectivity index (χ2n) is 12.7. The minimum Gasteiger partial charge on any atom is -0.371 e. The van der Waals surface area contributed by atoms with Crippen molar-refractivity contribution in [3.8, 4) is 0 Å². The van der Waals surface area contributed by atoms with Crippen molar-refractivity contribution >= 4 is 125 Å². The molecule has 2 rings (SSSR count). The van der Waals surface area contributed by atoms with Crippen LogP contribution >= 0.6 is 63.0 Å². The third-order valence-electron chi connectivity index (χ3n) is 8.10. The van der Waals surface area contributed by atoms with Crippen molar-refractivity contribution in [3.05, 3.63) is 0 Å². The smallest absolute Gasteiger partial charge is 0.317 e. The molecule has 308 valence electrons. The lowest BCUT2D eigenvalue weighted by atomic mass is 10.1.